The van der Waals surface area contributed by atoms with E-state index in [1.54, 1.807) is 7.11 Å². The Morgan fingerprint density at radius 2 is 2.00 bits per heavy atom. The molecule has 0 radical (unpaired) electrons. The second-order valence-corrected chi connectivity index (χ2v) is 4.89. The molecule has 1 aromatic carbocycles. The van der Waals surface area contributed by atoms with Crippen LogP contribution in [0.25, 0.3) is 0 Å². The predicted octanol–water partition coefficient (Wildman–Crippen LogP) is 2.94. The van der Waals surface area contributed by atoms with Crippen LogP contribution < -0.4 is 15.2 Å². The number of benzene rings is 1. The maximum atomic E-state index is 6.00. The Hall–Kier alpha value is -0.930. The summed E-state index contributed by atoms with van der Waals surface area (Å²) >= 11 is 0. The van der Waals surface area contributed by atoms with Crippen LogP contribution in [0.2, 0.25) is 0 Å². The van der Waals surface area contributed by atoms with E-state index in [9.17, 15) is 0 Å². The second-order valence-electron chi connectivity index (χ2n) is 4.89. The summed E-state index contributed by atoms with van der Waals surface area (Å²) in [6, 6.07) is 6.13. The predicted molar refractivity (Wildman–Crippen MR) is 75.9 cm³/mol. The van der Waals surface area contributed by atoms with E-state index in [2.05, 4.69) is 19.1 Å². The molecule has 1 saturated carbocycles. The Morgan fingerprint density at radius 3 is 2.56 bits per heavy atom. The highest BCUT2D eigenvalue weighted by Crippen LogP contribution is 2.35. The van der Waals surface area contributed by atoms with Crippen LogP contribution in [-0.4, -0.2) is 19.3 Å². The van der Waals surface area contributed by atoms with Crippen molar-refractivity contribution in [3.8, 4) is 11.5 Å². The van der Waals surface area contributed by atoms with Gasteiger partial charge in [0, 0.05) is 0 Å². The lowest BCUT2D eigenvalue weighted by molar-refractivity contribution is 0.264. The quantitative estimate of drug-likeness (QED) is 0.865. The van der Waals surface area contributed by atoms with Gasteiger partial charge >= 0.3 is 0 Å². The van der Waals surface area contributed by atoms with Gasteiger partial charge in [0.25, 0.3) is 0 Å². The lowest BCUT2D eigenvalue weighted by Crippen LogP contribution is -2.29. The van der Waals surface area contributed by atoms with E-state index in [1.165, 1.54) is 5.56 Å². The molecule has 0 heterocycles. The molecule has 4 heteroatoms. The van der Waals surface area contributed by atoms with Gasteiger partial charge in [-0.15, -0.1) is 12.4 Å². The van der Waals surface area contributed by atoms with Crippen molar-refractivity contribution in [1.29, 1.82) is 0 Å². The van der Waals surface area contributed by atoms with E-state index >= 15 is 0 Å². The van der Waals surface area contributed by atoms with Crippen molar-refractivity contribution in [2.75, 3.05) is 13.7 Å². The SMILES string of the molecule is CCCc1ccc(OCC2(N)CC2)c(OC)c1.Cl. The van der Waals surface area contributed by atoms with Gasteiger partial charge in [0.2, 0.25) is 0 Å². The first-order valence-electron chi connectivity index (χ1n) is 6.25. The smallest absolute Gasteiger partial charge is 0.161 e. The highest BCUT2D eigenvalue weighted by atomic mass is 35.5. The third-order valence-electron chi connectivity index (χ3n) is 3.17. The number of nitrogens with two attached hydrogens (primary N) is 1. The van der Waals surface area contributed by atoms with Crippen molar-refractivity contribution in [1.82, 2.24) is 0 Å². The molecule has 0 amide bonds. The van der Waals surface area contributed by atoms with Crippen LogP contribution in [0.4, 0.5) is 0 Å². The monoisotopic (exact) mass is 271 g/mol. The molecular formula is C14H22ClNO2. The topological polar surface area (TPSA) is 44.5 Å². The Morgan fingerprint density at radius 1 is 1.28 bits per heavy atom. The average Bonchev–Trinajstić information content (AvgIpc) is 3.06. The van der Waals surface area contributed by atoms with Crippen molar-refractivity contribution in [3.63, 3.8) is 0 Å². The Balaban J connectivity index is 0.00000162. The highest BCUT2D eigenvalue weighted by Gasteiger charge is 2.39. The van der Waals surface area contributed by atoms with E-state index in [0.717, 1.165) is 37.2 Å². The maximum absolute atomic E-state index is 6.00. The number of hydrogen-bond acceptors (Lipinski definition) is 3. The van der Waals surface area contributed by atoms with E-state index in [0.29, 0.717) is 6.61 Å². The number of aryl methyl sites for hydroxylation is 1. The van der Waals surface area contributed by atoms with Crippen LogP contribution in [-0.2, 0) is 6.42 Å². The van der Waals surface area contributed by atoms with Crippen LogP contribution in [0.15, 0.2) is 18.2 Å². The summed E-state index contributed by atoms with van der Waals surface area (Å²) in [5.41, 5.74) is 7.19. The van der Waals surface area contributed by atoms with E-state index in [4.69, 9.17) is 15.2 Å². The van der Waals surface area contributed by atoms with E-state index in [1.807, 2.05) is 6.07 Å². The van der Waals surface area contributed by atoms with E-state index in [-0.39, 0.29) is 17.9 Å². The molecule has 1 aromatic rings. The molecule has 0 bridgehead atoms. The average molecular weight is 272 g/mol. The fourth-order valence-electron chi connectivity index (χ4n) is 1.80. The largest absolute Gasteiger partial charge is 0.493 e. The van der Waals surface area contributed by atoms with Gasteiger partial charge < -0.3 is 15.2 Å². The minimum Gasteiger partial charge on any atom is -0.493 e. The summed E-state index contributed by atoms with van der Waals surface area (Å²) < 4.78 is 11.1. The zero-order valence-electron chi connectivity index (χ0n) is 11.1. The number of rotatable bonds is 6. The number of halogens is 1. The molecule has 102 valence electrons. The lowest BCUT2D eigenvalue weighted by Gasteiger charge is -2.14. The fraction of sp³-hybridized carbons (Fsp3) is 0.571. The molecule has 18 heavy (non-hydrogen) atoms. The van der Waals surface area contributed by atoms with Gasteiger partial charge in [-0.2, -0.15) is 0 Å². The Kier molecular flexibility index (Phi) is 5.29. The summed E-state index contributed by atoms with van der Waals surface area (Å²) in [6.07, 6.45) is 4.32. The molecule has 0 saturated heterocycles. The second kappa shape index (κ2) is 6.30. The van der Waals surface area contributed by atoms with Gasteiger partial charge in [0.05, 0.1) is 12.6 Å². The fourth-order valence-corrected chi connectivity index (χ4v) is 1.80. The Labute approximate surface area is 115 Å². The molecule has 0 aliphatic heterocycles. The summed E-state index contributed by atoms with van der Waals surface area (Å²) in [5.74, 6) is 1.60. The van der Waals surface area contributed by atoms with Crippen LogP contribution in [0.1, 0.15) is 31.7 Å². The molecule has 1 aliphatic rings. The van der Waals surface area contributed by atoms with Gasteiger partial charge in [-0.05, 0) is 37.0 Å². The minimum atomic E-state index is -0.0902. The van der Waals surface area contributed by atoms with Crippen LogP contribution in [0.5, 0.6) is 11.5 Å². The molecule has 1 aliphatic carbocycles. The minimum absolute atomic E-state index is 0. The standard InChI is InChI=1S/C14H21NO2.ClH/c1-3-4-11-5-6-12(13(9-11)16-2)17-10-14(15)7-8-14;/h5-6,9H,3-4,7-8,10,15H2,1-2H3;1H. The van der Waals surface area contributed by atoms with Crippen LogP contribution >= 0.6 is 12.4 Å². The van der Waals surface area contributed by atoms with Gasteiger partial charge in [-0.1, -0.05) is 19.4 Å². The molecule has 1 fully saturated rings. The van der Waals surface area contributed by atoms with Gasteiger partial charge in [-0.25, -0.2) is 0 Å². The number of ether oxygens (including phenoxy) is 2. The van der Waals surface area contributed by atoms with E-state index < -0.39 is 0 Å². The molecule has 0 atom stereocenters. The van der Waals surface area contributed by atoms with Crippen molar-refractivity contribution in [2.24, 2.45) is 5.73 Å². The van der Waals surface area contributed by atoms with Crippen molar-refractivity contribution in [3.05, 3.63) is 23.8 Å². The first-order chi connectivity index (χ1) is 8.17. The zero-order valence-corrected chi connectivity index (χ0v) is 11.9. The summed E-state index contributed by atoms with van der Waals surface area (Å²) in [5, 5.41) is 0. The molecule has 2 N–H and O–H groups in total. The lowest BCUT2D eigenvalue weighted by atomic mass is 10.1. The summed E-state index contributed by atoms with van der Waals surface area (Å²) in [4.78, 5) is 0. The first kappa shape index (κ1) is 15.1. The van der Waals surface area contributed by atoms with Crippen molar-refractivity contribution >= 4 is 12.4 Å². The maximum Gasteiger partial charge on any atom is 0.161 e. The molecule has 3 nitrogen and oxygen atoms in total. The van der Waals surface area contributed by atoms with Gasteiger partial charge in [-0.3, -0.25) is 0 Å². The van der Waals surface area contributed by atoms with Crippen LogP contribution in [0, 0.1) is 0 Å². The molecule has 0 aromatic heterocycles. The van der Waals surface area contributed by atoms with Crippen molar-refractivity contribution in [2.45, 2.75) is 38.1 Å². The Bertz CT molecular complexity index is 391. The molecule has 0 unspecified atom stereocenters. The third-order valence-corrected chi connectivity index (χ3v) is 3.17. The van der Waals surface area contributed by atoms with Gasteiger partial charge in [0.15, 0.2) is 11.5 Å². The molecular weight excluding hydrogens is 250 g/mol. The van der Waals surface area contributed by atoms with Crippen molar-refractivity contribution < 1.29 is 9.47 Å². The first-order valence-corrected chi connectivity index (χ1v) is 6.25. The summed E-state index contributed by atoms with van der Waals surface area (Å²) in [7, 11) is 1.67. The number of methoxy groups -OCH3 is 1. The normalized spacial score (nSPS) is 15.7. The van der Waals surface area contributed by atoms with Gasteiger partial charge in [0.1, 0.15) is 6.61 Å². The van der Waals surface area contributed by atoms with Crippen LogP contribution in [0.3, 0.4) is 0 Å². The number of hydrogen-bond donors (Lipinski definition) is 1. The summed E-state index contributed by atoms with van der Waals surface area (Å²) in [6.45, 7) is 2.75. The molecule has 0 spiro atoms. The third kappa shape index (κ3) is 3.79. The molecule has 2 rings (SSSR count). The zero-order chi connectivity index (χ0) is 12.3. The highest BCUT2D eigenvalue weighted by molar-refractivity contribution is 5.85.